The van der Waals surface area contributed by atoms with E-state index in [0.717, 1.165) is 38.5 Å². The van der Waals surface area contributed by atoms with Crippen LogP contribution in [0.4, 0.5) is 5.69 Å². The van der Waals surface area contributed by atoms with E-state index < -0.39 is 0 Å². The molecule has 0 aliphatic rings. The second-order valence-electron chi connectivity index (χ2n) is 6.97. The number of hydrogen-bond acceptors (Lipinski definition) is 5. The third kappa shape index (κ3) is 2.98. The molecule has 144 valence electrons. The van der Waals surface area contributed by atoms with Crippen molar-refractivity contribution in [3.63, 3.8) is 0 Å². The summed E-state index contributed by atoms with van der Waals surface area (Å²) < 4.78 is 1.71. The average molecular weight is 402 g/mol. The summed E-state index contributed by atoms with van der Waals surface area (Å²) in [6, 6.07) is 11.5. The molecule has 0 saturated carbocycles. The highest BCUT2D eigenvalue weighted by atomic mass is 32.1. The minimum absolute atomic E-state index is 0.186. The van der Waals surface area contributed by atoms with Gasteiger partial charge in [-0.25, -0.2) is 9.97 Å². The molecule has 5 aromatic rings. The lowest BCUT2D eigenvalue weighted by Crippen LogP contribution is -2.13. The third-order valence-corrected chi connectivity index (χ3v) is 5.71. The second kappa shape index (κ2) is 6.52. The summed E-state index contributed by atoms with van der Waals surface area (Å²) in [4.78, 5) is 26.6. The van der Waals surface area contributed by atoms with Gasteiger partial charge in [-0.15, -0.1) is 11.3 Å². The fourth-order valence-corrected chi connectivity index (χ4v) is 4.23. The van der Waals surface area contributed by atoms with E-state index in [1.807, 2.05) is 56.6 Å². The number of thiophene rings is 1. The van der Waals surface area contributed by atoms with Crippen LogP contribution in [-0.4, -0.2) is 30.6 Å². The number of imidazole rings is 1. The fraction of sp³-hybridized carbons (Fsp3) is 0.143. The van der Waals surface area contributed by atoms with Crippen molar-refractivity contribution in [2.45, 2.75) is 13.8 Å². The van der Waals surface area contributed by atoms with Crippen LogP contribution >= 0.6 is 11.3 Å². The standard InChI is InChI=1S/C21H18N6OS/c1-11-9-14(18-12(2)26-27(3)20(18)22-11)21(28)23-13-6-7-15-16(10-13)25-19(24-15)17-5-4-8-29-17/h4-10H,1-3H3,(H,23,28)(H,24,25). The van der Waals surface area contributed by atoms with Crippen LogP contribution in [0.1, 0.15) is 21.7 Å². The van der Waals surface area contributed by atoms with Crippen molar-refractivity contribution in [2.75, 3.05) is 5.32 Å². The molecule has 8 heteroatoms. The van der Waals surface area contributed by atoms with E-state index in [1.165, 1.54) is 0 Å². The number of carbonyl (C=O) groups excluding carboxylic acids is 1. The van der Waals surface area contributed by atoms with Gasteiger partial charge in [0.25, 0.3) is 5.91 Å². The van der Waals surface area contributed by atoms with Crippen molar-refractivity contribution in [1.82, 2.24) is 24.7 Å². The van der Waals surface area contributed by atoms with Crippen molar-refractivity contribution in [1.29, 1.82) is 0 Å². The molecule has 0 spiro atoms. The van der Waals surface area contributed by atoms with E-state index in [4.69, 9.17) is 0 Å². The van der Waals surface area contributed by atoms with Crippen molar-refractivity contribution in [3.8, 4) is 10.7 Å². The lowest BCUT2D eigenvalue weighted by atomic mass is 10.1. The van der Waals surface area contributed by atoms with Gasteiger partial charge in [-0.1, -0.05) is 6.07 Å². The molecule has 0 radical (unpaired) electrons. The van der Waals surface area contributed by atoms with Crippen LogP contribution < -0.4 is 5.32 Å². The normalized spacial score (nSPS) is 11.4. The predicted octanol–water partition coefficient (Wildman–Crippen LogP) is 4.44. The van der Waals surface area contributed by atoms with Gasteiger partial charge in [0.15, 0.2) is 5.65 Å². The number of amides is 1. The van der Waals surface area contributed by atoms with Gasteiger partial charge in [0.1, 0.15) is 5.82 Å². The molecule has 1 aromatic carbocycles. The van der Waals surface area contributed by atoms with E-state index in [-0.39, 0.29) is 5.91 Å². The Hall–Kier alpha value is -3.52. The average Bonchev–Trinajstić information content (AvgIpc) is 3.40. The van der Waals surface area contributed by atoms with E-state index in [1.54, 1.807) is 22.1 Å². The maximum atomic E-state index is 13.1. The van der Waals surface area contributed by atoms with Gasteiger partial charge in [-0.05, 0) is 49.6 Å². The Bertz CT molecular complexity index is 1380. The Morgan fingerprint density at radius 1 is 1.17 bits per heavy atom. The zero-order valence-electron chi connectivity index (χ0n) is 16.1. The van der Waals surface area contributed by atoms with E-state index in [9.17, 15) is 4.79 Å². The monoisotopic (exact) mass is 402 g/mol. The number of fused-ring (bicyclic) bond motifs is 2. The minimum atomic E-state index is -0.186. The van der Waals surface area contributed by atoms with Crippen molar-refractivity contribution < 1.29 is 4.79 Å². The quantitative estimate of drug-likeness (QED) is 0.467. The summed E-state index contributed by atoms with van der Waals surface area (Å²) in [6.07, 6.45) is 0. The van der Waals surface area contributed by atoms with E-state index in [2.05, 4.69) is 25.4 Å². The number of anilines is 1. The lowest BCUT2D eigenvalue weighted by Gasteiger charge is -2.08. The summed E-state index contributed by atoms with van der Waals surface area (Å²) in [7, 11) is 1.83. The molecule has 4 heterocycles. The molecule has 0 unspecified atom stereocenters. The van der Waals surface area contributed by atoms with Crippen molar-refractivity contribution in [3.05, 3.63) is 58.7 Å². The first-order valence-corrected chi connectivity index (χ1v) is 10.0. The largest absolute Gasteiger partial charge is 0.337 e. The zero-order chi connectivity index (χ0) is 20.1. The molecule has 0 aliphatic heterocycles. The summed E-state index contributed by atoms with van der Waals surface area (Å²) in [5.74, 6) is 0.643. The Balaban J connectivity index is 1.51. The molecule has 0 saturated heterocycles. The van der Waals surface area contributed by atoms with Crippen LogP contribution in [0.3, 0.4) is 0 Å². The molecule has 0 aliphatic carbocycles. The molecule has 7 nitrogen and oxygen atoms in total. The Morgan fingerprint density at radius 3 is 2.83 bits per heavy atom. The first-order chi connectivity index (χ1) is 14.0. The van der Waals surface area contributed by atoms with Crippen LogP contribution in [0.15, 0.2) is 41.8 Å². The number of nitrogens with zero attached hydrogens (tertiary/aromatic N) is 4. The van der Waals surface area contributed by atoms with Crippen molar-refractivity contribution in [2.24, 2.45) is 7.05 Å². The minimum Gasteiger partial charge on any atom is -0.337 e. The topological polar surface area (TPSA) is 88.5 Å². The molecular formula is C21H18N6OS. The molecule has 2 N–H and O–H groups in total. The van der Waals surface area contributed by atoms with Gasteiger partial charge in [0.05, 0.1) is 32.6 Å². The molecule has 5 rings (SSSR count). The number of benzene rings is 1. The predicted molar refractivity (Wildman–Crippen MR) is 115 cm³/mol. The molecule has 0 atom stereocenters. The Kier molecular flexibility index (Phi) is 3.95. The van der Waals surface area contributed by atoms with Crippen LogP contribution in [0.25, 0.3) is 32.8 Å². The number of carbonyl (C=O) groups is 1. The zero-order valence-corrected chi connectivity index (χ0v) is 17.0. The Morgan fingerprint density at radius 2 is 2.03 bits per heavy atom. The first kappa shape index (κ1) is 17.6. The Labute approximate surface area is 170 Å². The molecule has 4 aromatic heterocycles. The third-order valence-electron chi connectivity index (χ3n) is 4.84. The van der Waals surface area contributed by atoms with Gasteiger partial charge < -0.3 is 10.3 Å². The van der Waals surface area contributed by atoms with Crippen LogP contribution in [0, 0.1) is 13.8 Å². The highest BCUT2D eigenvalue weighted by molar-refractivity contribution is 7.13. The van der Waals surface area contributed by atoms with Gasteiger partial charge in [0, 0.05) is 18.4 Å². The number of hydrogen-bond donors (Lipinski definition) is 2. The SMILES string of the molecule is Cc1cc(C(=O)Nc2ccc3nc(-c4cccs4)[nH]c3c2)c2c(C)nn(C)c2n1. The van der Waals surface area contributed by atoms with E-state index >= 15 is 0 Å². The summed E-state index contributed by atoms with van der Waals surface area (Å²) >= 11 is 1.63. The van der Waals surface area contributed by atoms with Gasteiger partial charge in [-0.3, -0.25) is 9.48 Å². The number of aromatic nitrogens is 5. The van der Waals surface area contributed by atoms with Crippen LogP contribution in [0.2, 0.25) is 0 Å². The number of pyridine rings is 1. The maximum absolute atomic E-state index is 13.1. The molecule has 0 bridgehead atoms. The number of H-pyrrole nitrogens is 1. The number of aromatic amines is 1. The summed E-state index contributed by atoms with van der Waals surface area (Å²) in [6.45, 7) is 3.76. The van der Waals surface area contributed by atoms with Crippen molar-refractivity contribution >= 4 is 45.0 Å². The fourth-order valence-electron chi connectivity index (χ4n) is 3.56. The lowest BCUT2D eigenvalue weighted by molar-refractivity contribution is 0.102. The maximum Gasteiger partial charge on any atom is 0.256 e. The molecular weight excluding hydrogens is 384 g/mol. The van der Waals surface area contributed by atoms with Gasteiger partial charge >= 0.3 is 0 Å². The molecule has 0 fully saturated rings. The number of rotatable bonds is 3. The second-order valence-corrected chi connectivity index (χ2v) is 7.92. The highest BCUT2D eigenvalue weighted by Crippen LogP contribution is 2.27. The van der Waals surface area contributed by atoms with E-state index in [0.29, 0.717) is 16.9 Å². The first-order valence-electron chi connectivity index (χ1n) is 9.15. The van der Waals surface area contributed by atoms with Gasteiger partial charge in [0.2, 0.25) is 0 Å². The van der Waals surface area contributed by atoms with Crippen LogP contribution in [-0.2, 0) is 7.05 Å². The summed E-state index contributed by atoms with van der Waals surface area (Å²) in [5, 5.41) is 10.2. The highest BCUT2D eigenvalue weighted by Gasteiger charge is 2.18. The smallest absolute Gasteiger partial charge is 0.256 e. The number of aryl methyl sites for hydroxylation is 3. The van der Waals surface area contributed by atoms with Gasteiger partial charge in [-0.2, -0.15) is 5.10 Å². The molecule has 1 amide bonds. The summed E-state index contributed by atoms with van der Waals surface area (Å²) in [5.41, 5.74) is 5.27. The van der Waals surface area contributed by atoms with Crippen LogP contribution in [0.5, 0.6) is 0 Å². The molecule has 29 heavy (non-hydrogen) atoms. The number of nitrogens with one attached hydrogen (secondary N) is 2.